The second-order valence-electron chi connectivity index (χ2n) is 9.48. The quantitative estimate of drug-likeness (QED) is 0.333. The number of nitrogens with one attached hydrogen (secondary N) is 1. The average Bonchev–Trinajstić information content (AvgIpc) is 3.30. The first-order chi connectivity index (χ1) is 17.8. The van der Waals surface area contributed by atoms with E-state index in [1.54, 1.807) is 48.5 Å². The minimum atomic E-state index is -0.992. The summed E-state index contributed by atoms with van der Waals surface area (Å²) < 4.78 is 17.5. The highest BCUT2D eigenvalue weighted by Gasteiger charge is 2.41. The Labute approximate surface area is 213 Å². The zero-order valence-electron chi connectivity index (χ0n) is 20.5. The van der Waals surface area contributed by atoms with Crippen molar-refractivity contribution in [3.8, 4) is 11.5 Å². The molecule has 1 aliphatic rings. The number of para-hydroxylation sites is 1. The van der Waals surface area contributed by atoms with Gasteiger partial charge in [-0.15, -0.1) is 0 Å². The fraction of sp³-hybridized carbons (Fsp3) is 0.241. The number of carbonyl (C=O) groups excluding carboxylic acids is 2. The van der Waals surface area contributed by atoms with Crippen LogP contribution in [-0.4, -0.2) is 47.8 Å². The Balaban J connectivity index is 1.39. The summed E-state index contributed by atoms with van der Waals surface area (Å²) in [5, 5.41) is 22.1. The molecule has 0 saturated carbocycles. The Kier molecular flexibility index (Phi) is 6.45. The Morgan fingerprint density at radius 1 is 1.03 bits per heavy atom. The molecule has 0 aliphatic heterocycles. The maximum Gasteiger partial charge on any atom is 0.262 e. The predicted molar refractivity (Wildman–Crippen MR) is 137 cm³/mol. The number of aliphatic hydroxyl groups excluding tert-OH is 2. The minimum absolute atomic E-state index is 0.0638. The molecular formula is C29H27NO7. The van der Waals surface area contributed by atoms with E-state index in [0.29, 0.717) is 45.0 Å². The van der Waals surface area contributed by atoms with Crippen molar-refractivity contribution in [2.75, 3.05) is 25.1 Å². The number of hydrogen-bond donors (Lipinski definition) is 3. The molecule has 0 bridgehead atoms. The van der Waals surface area contributed by atoms with Gasteiger partial charge in [-0.05, 0) is 61.9 Å². The first-order valence-electron chi connectivity index (χ1n) is 11.9. The number of ether oxygens (including phenoxy) is 2. The number of rotatable bonds is 8. The van der Waals surface area contributed by atoms with E-state index in [1.807, 2.05) is 32.0 Å². The van der Waals surface area contributed by atoms with Gasteiger partial charge < -0.3 is 29.4 Å². The molecule has 3 N–H and O–H groups in total. The topological polar surface area (TPSA) is 118 Å². The number of amides is 1. The molecule has 8 nitrogen and oxygen atoms in total. The average molecular weight is 502 g/mol. The standard InChI is InChI=1S/C29H27NO7/c1-29(2)23-12-19(35-15-18(32)14-31)8-10-21(23)27(34)26-22-11-9-20(13-24(22)37-28(26)29)36-16-25(33)30-17-6-4-3-5-7-17/h3-13,18,31-32H,14-16H2,1-2H3,(H,30,33)/t18-/m1/s1. The van der Waals surface area contributed by atoms with E-state index in [2.05, 4.69) is 5.32 Å². The van der Waals surface area contributed by atoms with Crippen LogP contribution in [0.2, 0.25) is 0 Å². The summed E-state index contributed by atoms with van der Waals surface area (Å²) in [7, 11) is 0. The molecule has 190 valence electrons. The van der Waals surface area contributed by atoms with E-state index in [9.17, 15) is 14.7 Å². The van der Waals surface area contributed by atoms with Gasteiger partial charge in [-0.25, -0.2) is 0 Å². The first-order valence-corrected chi connectivity index (χ1v) is 11.9. The number of carbonyl (C=O) groups is 2. The van der Waals surface area contributed by atoms with Crippen LogP contribution >= 0.6 is 0 Å². The number of hydrogen-bond acceptors (Lipinski definition) is 7. The molecular weight excluding hydrogens is 474 g/mol. The molecule has 4 aromatic rings. The summed E-state index contributed by atoms with van der Waals surface area (Å²) in [6, 6.07) is 19.5. The minimum Gasteiger partial charge on any atom is -0.491 e. The normalized spacial score (nSPS) is 14.5. The van der Waals surface area contributed by atoms with E-state index in [1.165, 1.54) is 0 Å². The number of fused-ring (bicyclic) bond motifs is 4. The summed E-state index contributed by atoms with van der Waals surface area (Å²) >= 11 is 0. The molecule has 37 heavy (non-hydrogen) atoms. The van der Waals surface area contributed by atoms with Crippen molar-refractivity contribution in [2.45, 2.75) is 25.4 Å². The maximum atomic E-state index is 13.5. The van der Waals surface area contributed by atoms with E-state index in [0.717, 1.165) is 5.56 Å². The summed E-state index contributed by atoms with van der Waals surface area (Å²) in [5.74, 6) is 1.02. The number of aliphatic hydroxyl groups is 2. The van der Waals surface area contributed by atoms with Gasteiger partial charge in [0.25, 0.3) is 5.91 Å². The van der Waals surface area contributed by atoms with Crippen LogP contribution in [-0.2, 0) is 10.2 Å². The molecule has 1 aliphatic carbocycles. The third-order valence-electron chi connectivity index (χ3n) is 6.45. The third kappa shape index (κ3) is 4.69. The van der Waals surface area contributed by atoms with E-state index in [-0.39, 0.29) is 24.9 Å². The lowest BCUT2D eigenvalue weighted by atomic mass is 9.71. The molecule has 5 rings (SSSR count). The zero-order valence-corrected chi connectivity index (χ0v) is 20.5. The van der Waals surface area contributed by atoms with Crippen LogP contribution < -0.4 is 14.8 Å². The first kappa shape index (κ1) is 24.5. The summed E-state index contributed by atoms with van der Waals surface area (Å²) in [6.45, 7) is 3.30. The molecule has 1 atom stereocenters. The molecule has 0 spiro atoms. The van der Waals surface area contributed by atoms with Crippen molar-refractivity contribution >= 4 is 28.3 Å². The van der Waals surface area contributed by atoms with E-state index >= 15 is 0 Å². The second kappa shape index (κ2) is 9.72. The molecule has 8 heteroatoms. The zero-order chi connectivity index (χ0) is 26.2. The van der Waals surface area contributed by atoms with Crippen LogP contribution in [0.1, 0.15) is 41.1 Å². The van der Waals surface area contributed by atoms with Crippen LogP contribution in [0.25, 0.3) is 11.0 Å². The van der Waals surface area contributed by atoms with Crippen LogP contribution in [0.3, 0.4) is 0 Å². The van der Waals surface area contributed by atoms with Crippen molar-refractivity contribution < 1.29 is 33.7 Å². The van der Waals surface area contributed by atoms with Gasteiger partial charge in [0, 0.05) is 28.1 Å². The summed E-state index contributed by atoms with van der Waals surface area (Å²) in [6.07, 6.45) is -0.992. The van der Waals surface area contributed by atoms with E-state index < -0.39 is 18.1 Å². The lowest BCUT2D eigenvalue weighted by Crippen LogP contribution is -2.29. The number of anilines is 1. The fourth-order valence-electron chi connectivity index (χ4n) is 4.53. The summed E-state index contributed by atoms with van der Waals surface area (Å²) in [5.41, 5.74) is 2.32. The van der Waals surface area contributed by atoms with Crippen molar-refractivity contribution in [1.29, 1.82) is 0 Å². The Morgan fingerprint density at radius 2 is 1.76 bits per heavy atom. The van der Waals surface area contributed by atoms with Gasteiger partial charge in [-0.1, -0.05) is 18.2 Å². The molecule has 0 radical (unpaired) electrons. The van der Waals surface area contributed by atoms with Crippen LogP contribution in [0.5, 0.6) is 11.5 Å². The van der Waals surface area contributed by atoms with Gasteiger partial charge in [0.05, 0.1) is 12.2 Å². The van der Waals surface area contributed by atoms with Crippen molar-refractivity contribution in [3.05, 3.63) is 89.2 Å². The molecule has 0 saturated heterocycles. The monoisotopic (exact) mass is 501 g/mol. The Morgan fingerprint density at radius 3 is 2.51 bits per heavy atom. The molecule has 1 aromatic heterocycles. The second-order valence-corrected chi connectivity index (χ2v) is 9.48. The maximum absolute atomic E-state index is 13.5. The Bertz CT molecular complexity index is 1470. The number of furan rings is 1. The highest BCUT2D eigenvalue weighted by Crippen LogP contribution is 2.46. The fourth-order valence-corrected chi connectivity index (χ4v) is 4.53. The van der Waals surface area contributed by atoms with Gasteiger partial charge in [-0.3, -0.25) is 9.59 Å². The highest BCUT2D eigenvalue weighted by molar-refractivity contribution is 6.19. The van der Waals surface area contributed by atoms with Gasteiger partial charge in [0.15, 0.2) is 12.4 Å². The smallest absolute Gasteiger partial charge is 0.262 e. The highest BCUT2D eigenvalue weighted by atomic mass is 16.5. The van der Waals surface area contributed by atoms with Crippen LogP contribution in [0.15, 0.2) is 71.1 Å². The van der Waals surface area contributed by atoms with Crippen molar-refractivity contribution in [2.24, 2.45) is 0 Å². The molecule has 1 heterocycles. The van der Waals surface area contributed by atoms with Gasteiger partial charge in [-0.2, -0.15) is 0 Å². The molecule has 3 aromatic carbocycles. The molecule has 1 amide bonds. The van der Waals surface area contributed by atoms with Gasteiger partial charge in [0.2, 0.25) is 0 Å². The van der Waals surface area contributed by atoms with Crippen LogP contribution in [0, 0.1) is 0 Å². The SMILES string of the molecule is CC1(C)c2cc(OC[C@H](O)CO)ccc2C(=O)c2c1oc1cc(OCC(=O)Nc3ccccc3)ccc21. The molecule has 0 unspecified atom stereocenters. The van der Waals surface area contributed by atoms with Crippen molar-refractivity contribution in [3.63, 3.8) is 0 Å². The largest absolute Gasteiger partial charge is 0.491 e. The van der Waals surface area contributed by atoms with Crippen molar-refractivity contribution in [1.82, 2.24) is 0 Å². The number of ketones is 1. The lowest BCUT2D eigenvalue weighted by Gasteiger charge is -2.31. The number of benzene rings is 3. The lowest BCUT2D eigenvalue weighted by molar-refractivity contribution is -0.118. The van der Waals surface area contributed by atoms with E-state index in [4.69, 9.17) is 19.0 Å². The van der Waals surface area contributed by atoms with Gasteiger partial charge >= 0.3 is 0 Å². The predicted octanol–water partition coefficient (Wildman–Crippen LogP) is 4.05. The Hall–Kier alpha value is -4.14. The van der Waals surface area contributed by atoms with Crippen LogP contribution in [0.4, 0.5) is 5.69 Å². The third-order valence-corrected chi connectivity index (χ3v) is 6.45. The molecule has 0 fully saturated rings. The summed E-state index contributed by atoms with van der Waals surface area (Å²) in [4.78, 5) is 25.8. The van der Waals surface area contributed by atoms with Gasteiger partial charge in [0.1, 0.15) is 35.6 Å².